The minimum absolute atomic E-state index is 0.0253. The van der Waals surface area contributed by atoms with E-state index in [2.05, 4.69) is 50.2 Å². The molecule has 0 amide bonds. The van der Waals surface area contributed by atoms with E-state index in [1.165, 1.54) is 0 Å². The van der Waals surface area contributed by atoms with Crippen LogP contribution in [0.1, 0.15) is 59.4 Å². The first kappa shape index (κ1) is 32.2. The molecule has 9 heteroatoms. The molecule has 1 aliphatic heterocycles. The number of hydrogen-bond donors (Lipinski definition) is 1. The van der Waals surface area contributed by atoms with Crippen LogP contribution in [0.25, 0.3) is 5.57 Å². The summed E-state index contributed by atoms with van der Waals surface area (Å²) in [6.45, 7) is 11.9. The van der Waals surface area contributed by atoms with Gasteiger partial charge in [-0.05, 0) is 86.0 Å². The van der Waals surface area contributed by atoms with Crippen molar-refractivity contribution >= 4 is 60.5 Å². The Hall–Kier alpha value is -0.970. The Balaban J connectivity index is 1.91. The van der Waals surface area contributed by atoms with Gasteiger partial charge < -0.3 is 24.1 Å². The van der Waals surface area contributed by atoms with Crippen molar-refractivity contribution in [3.63, 3.8) is 0 Å². The number of thiophene rings is 1. The minimum Gasteiger partial charge on any atom is -0.493 e. The Morgan fingerprint density at radius 1 is 1.03 bits per heavy atom. The van der Waals surface area contributed by atoms with Gasteiger partial charge in [-0.2, -0.15) is 0 Å². The standard InChI is InChI=1S/C28H38Br2O5S2/c1-6-13-20(22-17-37-28(30)26(22)35-18-32-10-5)24(9-4)34-15-12-11-14-33-23(8-3)19(7-2)21-16-36-27(29)25(21)31/h7-9,13,16-17,25,27,31H,6,10-12,14-15,18H2,1-5H3/b19-7-,20-13-,23-8+,24-9+. The maximum absolute atomic E-state index is 10.5. The lowest BCUT2D eigenvalue weighted by Crippen LogP contribution is -2.17. The van der Waals surface area contributed by atoms with Gasteiger partial charge in [0, 0.05) is 28.7 Å². The van der Waals surface area contributed by atoms with Gasteiger partial charge in [0.25, 0.3) is 0 Å². The minimum atomic E-state index is -0.554. The number of ether oxygens (including phenoxy) is 4. The van der Waals surface area contributed by atoms with Gasteiger partial charge >= 0.3 is 0 Å². The molecule has 2 unspecified atom stereocenters. The Labute approximate surface area is 246 Å². The molecule has 1 aromatic rings. The number of hydrogen-bond acceptors (Lipinski definition) is 7. The SMILES string of the molecule is C/C=C(C1=CSC(Br)C1O)\C(=C/C)OCCCCOC(=C/C)/C(=C\CC)c1csc(Br)c1OCOCC. The molecule has 0 fully saturated rings. The highest BCUT2D eigenvalue weighted by Gasteiger charge is 2.30. The van der Waals surface area contributed by atoms with E-state index in [-0.39, 0.29) is 11.0 Å². The number of halogens is 2. The topological polar surface area (TPSA) is 57.2 Å². The highest BCUT2D eigenvalue weighted by atomic mass is 79.9. The summed E-state index contributed by atoms with van der Waals surface area (Å²) in [4.78, 5) is 0. The van der Waals surface area contributed by atoms with Crippen molar-refractivity contribution < 1.29 is 24.1 Å². The lowest BCUT2D eigenvalue weighted by atomic mass is 10.0. The van der Waals surface area contributed by atoms with Crippen molar-refractivity contribution in [1.82, 2.24) is 0 Å². The highest BCUT2D eigenvalue weighted by Crippen LogP contribution is 2.42. The monoisotopic (exact) mass is 676 g/mol. The van der Waals surface area contributed by atoms with E-state index in [0.29, 0.717) is 19.8 Å². The number of thioether (sulfide) groups is 1. The van der Waals surface area contributed by atoms with Crippen molar-refractivity contribution in [2.75, 3.05) is 26.6 Å². The smallest absolute Gasteiger partial charge is 0.189 e. The molecule has 0 saturated carbocycles. The number of unbranched alkanes of at least 4 members (excludes halogenated alkanes) is 1. The summed E-state index contributed by atoms with van der Waals surface area (Å²) in [5.41, 5.74) is 3.85. The fraction of sp³-hybridized carbons (Fsp3) is 0.500. The maximum atomic E-state index is 10.5. The number of rotatable bonds is 16. The third-order valence-electron chi connectivity index (χ3n) is 5.49. The van der Waals surface area contributed by atoms with Crippen molar-refractivity contribution in [3.05, 3.63) is 67.1 Å². The predicted octanol–water partition coefficient (Wildman–Crippen LogP) is 8.96. The average molecular weight is 679 g/mol. The predicted molar refractivity (Wildman–Crippen MR) is 164 cm³/mol. The fourth-order valence-corrected chi connectivity index (χ4v) is 6.46. The van der Waals surface area contributed by atoms with E-state index >= 15 is 0 Å². The Bertz CT molecular complexity index is 1010. The fourth-order valence-electron chi connectivity index (χ4n) is 3.67. The number of aliphatic hydroxyl groups is 1. The second kappa shape index (κ2) is 17.6. The third-order valence-corrected chi connectivity index (χ3v) is 9.22. The molecule has 0 spiro atoms. The quantitative estimate of drug-likeness (QED) is 0.0620. The van der Waals surface area contributed by atoms with Gasteiger partial charge in [-0.1, -0.05) is 35.0 Å². The van der Waals surface area contributed by atoms with E-state index in [1.807, 2.05) is 51.3 Å². The zero-order valence-electron chi connectivity index (χ0n) is 22.2. The lowest BCUT2D eigenvalue weighted by Gasteiger charge is -2.18. The summed E-state index contributed by atoms with van der Waals surface area (Å²) in [5, 5.41) is 14.5. The van der Waals surface area contributed by atoms with Crippen molar-refractivity contribution in [1.29, 1.82) is 0 Å². The highest BCUT2D eigenvalue weighted by molar-refractivity contribution is 9.11. The van der Waals surface area contributed by atoms with E-state index in [0.717, 1.165) is 62.6 Å². The van der Waals surface area contributed by atoms with Gasteiger partial charge in [0.2, 0.25) is 0 Å². The van der Waals surface area contributed by atoms with Gasteiger partial charge in [0.1, 0.15) is 21.4 Å². The van der Waals surface area contributed by atoms with Crippen LogP contribution >= 0.6 is 55.0 Å². The molecule has 0 radical (unpaired) electrons. The molecule has 0 saturated heterocycles. The van der Waals surface area contributed by atoms with Crippen LogP contribution in [0.5, 0.6) is 5.75 Å². The van der Waals surface area contributed by atoms with E-state index in [4.69, 9.17) is 18.9 Å². The first-order chi connectivity index (χ1) is 17.9. The summed E-state index contributed by atoms with van der Waals surface area (Å²) >= 11 is 10.3. The molecule has 0 aromatic carbocycles. The first-order valence-corrected chi connectivity index (χ1v) is 16.1. The summed E-state index contributed by atoms with van der Waals surface area (Å²) in [6.07, 6.45) is 10.1. The normalized spacial score (nSPS) is 19.3. The Morgan fingerprint density at radius 3 is 2.19 bits per heavy atom. The van der Waals surface area contributed by atoms with E-state index < -0.39 is 6.10 Å². The molecule has 0 aliphatic carbocycles. The van der Waals surface area contributed by atoms with Crippen LogP contribution in [-0.4, -0.2) is 42.0 Å². The molecular weight excluding hydrogens is 640 g/mol. The molecule has 206 valence electrons. The second-order valence-electron chi connectivity index (χ2n) is 7.95. The molecule has 37 heavy (non-hydrogen) atoms. The van der Waals surface area contributed by atoms with Crippen molar-refractivity contribution in [2.24, 2.45) is 0 Å². The largest absolute Gasteiger partial charge is 0.493 e. The first-order valence-electron chi connectivity index (χ1n) is 12.5. The van der Waals surface area contributed by atoms with Crippen LogP contribution in [0.2, 0.25) is 0 Å². The molecule has 2 atom stereocenters. The molecule has 0 bridgehead atoms. The van der Waals surface area contributed by atoms with Crippen LogP contribution in [0.15, 0.2) is 61.5 Å². The summed E-state index contributed by atoms with van der Waals surface area (Å²) in [6, 6.07) is 0. The third kappa shape index (κ3) is 9.32. The van der Waals surface area contributed by atoms with Gasteiger partial charge in [-0.15, -0.1) is 23.1 Å². The number of allylic oxidation sites excluding steroid dienone is 6. The molecule has 1 aromatic heterocycles. The van der Waals surface area contributed by atoms with Gasteiger partial charge in [0.15, 0.2) is 12.5 Å². The van der Waals surface area contributed by atoms with E-state index in [9.17, 15) is 5.11 Å². The van der Waals surface area contributed by atoms with Crippen molar-refractivity contribution in [2.45, 2.75) is 64.1 Å². The van der Waals surface area contributed by atoms with Crippen LogP contribution in [0.3, 0.4) is 0 Å². The summed E-state index contributed by atoms with van der Waals surface area (Å²) in [7, 11) is 0. The summed E-state index contributed by atoms with van der Waals surface area (Å²) < 4.78 is 24.5. The zero-order valence-corrected chi connectivity index (χ0v) is 27.0. The molecule has 5 nitrogen and oxygen atoms in total. The Kier molecular flexibility index (Phi) is 15.3. The summed E-state index contributed by atoms with van der Waals surface area (Å²) in [5.74, 6) is 2.41. The van der Waals surface area contributed by atoms with Gasteiger partial charge in [-0.3, -0.25) is 0 Å². The average Bonchev–Trinajstić information content (AvgIpc) is 3.43. The van der Waals surface area contributed by atoms with Crippen molar-refractivity contribution in [3.8, 4) is 5.75 Å². The molecule has 2 rings (SSSR count). The van der Waals surface area contributed by atoms with Crippen LogP contribution in [-0.2, 0) is 14.2 Å². The lowest BCUT2D eigenvalue weighted by molar-refractivity contribution is 0.0221. The van der Waals surface area contributed by atoms with E-state index in [1.54, 1.807) is 23.1 Å². The van der Waals surface area contributed by atoms with Gasteiger partial charge in [0.05, 0.1) is 17.4 Å². The molecular formula is C28H38Br2O5S2. The maximum Gasteiger partial charge on any atom is 0.189 e. The molecule has 2 heterocycles. The molecule has 1 aliphatic rings. The zero-order chi connectivity index (χ0) is 27.2. The van der Waals surface area contributed by atoms with Crippen LogP contribution in [0, 0.1) is 0 Å². The van der Waals surface area contributed by atoms with Gasteiger partial charge in [-0.25, -0.2) is 0 Å². The number of aliphatic hydroxyl groups excluding tert-OH is 1. The van der Waals surface area contributed by atoms with Crippen LogP contribution < -0.4 is 4.74 Å². The second-order valence-corrected chi connectivity index (χ2v) is 12.8. The van der Waals surface area contributed by atoms with Crippen LogP contribution in [0.4, 0.5) is 0 Å². The Morgan fingerprint density at radius 2 is 1.68 bits per heavy atom. The molecule has 1 N–H and O–H groups in total. The number of alkyl halides is 1.